The molecule has 37 heavy (non-hydrogen) atoms. The van der Waals surface area contributed by atoms with Gasteiger partial charge < -0.3 is 21.1 Å². The summed E-state index contributed by atoms with van der Waals surface area (Å²) in [4.78, 5) is 25.5. The lowest BCUT2D eigenvalue weighted by Gasteiger charge is -2.14. The zero-order valence-corrected chi connectivity index (χ0v) is 20.9. The molecule has 9 heteroatoms. The molecule has 1 aliphatic heterocycles. The van der Waals surface area contributed by atoms with Crippen molar-refractivity contribution in [1.29, 1.82) is 0 Å². The van der Waals surface area contributed by atoms with Crippen LogP contribution in [0.25, 0.3) is 16.9 Å². The molecule has 2 fully saturated rings. The Labute approximate surface area is 215 Å². The molecule has 2 aromatic carbocycles. The summed E-state index contributed by atoms with van der Waals surface area (Å²) >= 11 is 0. The fourth-order valence-corrected chi connectivity index (χ4v) is 5.73. The molecule has 0 unspecified atom stereocenters. The average molecular weight is 500 g/mol. The Kier molecular flexibility index (Phi) is 6.30. The fraction of sp³-hybridized carbons (Fsp3) is 0.393. The van der Waals surface area contributed by atoms with E-state index in [0.29, 0.717) is 22.8 Å². The Morgan fingerprint density at radius 1 is 1.00 bits per heavy atom. The number of phenolic OH excluding ortho intramolecular Hbond substituents is 1. The summed E-state index contributed by atoms with van der Waals surface area (Å²) < 4.78 is 3.28. The van der Waals surface area contributed by atoms with E-state index < -0.39 is 0 Å². The number of benzene rings is 2. The number of phenols is 1. The van der Waals surface area contributed by atoms with E-state index in [0.717, 1.165) is 44.3 Å². The first-order valence-corrected chi connectivity index (χ1v) is 13.2. The van der Waals surface area contributed by atoms with E-state index in [4.69, 9.17) is 10.7 Å². The summed E-state index contributed by atoms with van der Waals surface area (Å²) in [5, 5.41) is 13.3. The van der Waals surface area contributed by atoms with Gasteiger partial charge in [-0.1, -0.05) is 31.0 Å². The Balaban J connectivity index is 1.33. The molecule has 9 nitrogen and oxygen atoms in total. The van der Waals surface area contributed by atoms with Crippen molar-refractivity contribution in [3.05, 3.63) is 64.6 Å². The standard InChI is InChI=1S/C28H33N7O2/c29-25-24-26(35(21-6-1-2-7-21)28(37)34(24)22-8-5-9-23(36)18-22)32-27(31-25)30-20-12-10-19(11-13-20)14-17-33-15-3-4-16-33/h5,8-13,18,21,36H,1-4,6-7,14-17H2,(H3,29,30,31,32). The molecule has 0 radical (unpaired) electrons. The zero-order valence-electron chi connectivity index (χ0n) is 20.9. The van der Waals surface area contributed by atoms with Gasteiger partial charge >= 0.3 is 5.69 Å². The van der Waals surface area contributed by atoms with Crippen molar-refractivity contribution in [2.45, 2.75) is 51.0 Å². The molecule has 2 aromatic heterocycles. The number of nitrogens with zero attached hydrogens (tertiary/aromatic N) is 5. The van der Waals surface area contributed by atoms with Crippen molar-refractivity contribution in [2.75, 3.05) is 30.7 Å². The van der Waals surface area contributed by atoms with Crippen LogP contribution in [0.1, 0.15) is 50.1 Å². The highest BCUT2D eigenvalue weighted by Gasteiger charge is 2.27. The highest BCUT2D eigenvalue weighted by molar-refractivity contribution is 5.86. The summed E-state index contributed by atoms with van der Waals surface area (Å²) in [7, 11) is 0. The maximum Gasteiger partial charge on any atom is 0.335 e. The van der Waals surface area contributed by atoms with Crippen LogP contribution in [0.3, 0.4) is 0 Å². The Morgan fingerprint density at radius 3 is 2.49 bits per heavy atom. The second-order valence-electron chi connectivity index (χ2n) is 10.2. The zero-order chi connectivity index (χ0) is 25.4. The van der Waals surface area contributed by atoms with E-state index in [1.165, 1.54) is 36.1 Å². The van der Waals surface area contributed by atoms with Crippen LogP contribution in [0.2, 0.25) is 0 Å². The van der Waals surface area contributed by atoms with Gasteiger partial charge in [0.05, 0.1) is 5.69 Å². The Morgan fingerprint density at radius 2 is 1.76 bits per heavy atom. The number of fused-ring (bicyclic) bond motifs is 1. The van der Waals surface area contributed by atoms with Gasteiger partial charge in [-0.15, -0.1) is 0 Å². The average Bonchev–Trinajstić information content (AvgIpc) is 3.65. The SMILES string of the molecule is Nc1nc(Nc2ccc(CCN3CCCC3)cc2)nc2c1n(-c1cccc(O)c1)c(=O)n2C1CCCC1. The third-order valence-corrected chi connectivity index (χ3v) is 7.64. The summed E-state index contributed by atoms with van der Waals surface area (Å²) in [6.45, 7) is 3.51. The van der Waals surface area contributed by atoms with Gasteiger partial charge in [-0.05, 0) is 75.0 Å². The monoisotopic (exact) mass is 499 g/mol. The van der Waals surface area contributed by atoms with E-state index in [2.05, 4.69) is 27.3 Å². The van der Waals surface area contributed by atoms with E-state index in [9.17, 15) is 9.90 Å². The number of imidazole rings is 1. The number of hydrogen-bond donors (Lipinski definition) is 3. The van der Waals surface area contributed by atoms with Crippen LogP contribution >= 0.6 is 0 Å². The second-order valence-corrected chi connectivity index (χ2v) is 10.2. The van der Waals surface area contributed by atoms with Crippen molar-refractivity contribution in [2.24, 2.45) is 0 Å². The van der Waals surface area contributed by atoms with Gasteiger partial charge in [-0.3, -0.25) is 9.13 Å². The van der Waals surface area contributed by atoms with Gasteiger partial charge in [0.15, 0.2) is 11.5 Å². The molecule has 0 atom stereocenters. The van der Waals surface area contributed by atoms with Crippen molar-refractivity contribution in [1.82, 2.24) is 24.0 Å². The molecule has 6 rings (SSSR count). The van der Waals surface area contributed by atoms with Gasteiger partial charge in [0, 0.05) is 24.3 Å². The molecule has 0 amide bonds. The van der Waals surface area contributed by atoms with Crippen molar-refractivity contribution in [3.63, 3.8) is 0 Å². The highest BCUT2D eigenvalue weighted by Crippen LogP contribution is 2.33. The van der Waals surface area contributed by atoms with E-state index in [-0.39, 0.29) is 23.3 Å². The van der Waals surface area contributed by atoms with Crippen molar-refractivity contribution < 1.29 is 5.11 Å². The van der Waals surface area contributed by atoms with Crippen LogP contribution in [0, 0.1) is 0 Å². The van der Waals surface area contributed by atoms with E-state index in [1.807, 2.05) is 12.1 Å². The first kappa shape index (κ1) is 23.5. The van der Waals surface area contributed by atoms with Crippen LogP contribution in [0.15, 0.2) is 53.3 Å². The molecule has 3 heterocycles. The predicted octanol–water partition coefficient (Wildman–Crippen LogP) is 4.37. The number of anilines is 3. The third-order valence-electron chi connectivity index (χ3n) is 7.64. The summed E-state index contributed by atoms with van der Waals surface area (Å²) in [6, 6.07) is 15.0. The molecule has 2 aliphatic rings. The lowest BCUT2D eigenvalue weighted by atomic mass is 10.1. The molecule has 1 saturated carbocycles. The van der Waals surface area contributed by atoms with Gasteiger partial charge in [0.1, 0.15) is 11.3 Å². The topological polar surface area (TPSA) is 114 Å². The highest BCUT2D eigenvalue weighted by atomic mass is 16.3. The van der Waals surface area contributed by atoms with Crippen molar-refractivity contribution >= 4 is 28.6 Å². The van der Waals surface area contributed by atoms with E-state index >= 15 is 0 Å². The second kappa shape index (κ2) is 9.89. The molecule has 4 N–H and O–H groups in total. The number of nitrogens with one attached hydrogen (secondary N) is 1. The molecule has 4 aromatic rings. The van der Waals surface area contributed by atoms with Crippen LogP contribution in [0.5, 0.6) is 5.75 Å². The number of aromatic nitrogens is 4. The smallest absolute Gasteiger partial charge is 0.335 e. The van der Waals surface area contributed by atoms with Crippen LogP contribution in [0.4, 0.5) is 17.5 Å². The summed E-state index contributed by atoms with van der Waals surface area (Å²) in [5.41, 5.74) is 9.92. The van der Waals surface area contributed by atoms with E-state index in [1.54, 1.807) is 28.8 Å². The molecular formula is C28H33N7O2. The van der Waals surface area contributed by atoms with Gasteiger partial charge in [0.2, 0.25) is 5.95 Å². The maximum atomic E-state index is 13.7. The predicted molar refractivity (Wildman–Crippen MR) is 146 cm³/mol. The largest absolute Gasteiger partial charge is 0.508 e. The Hall–Kier alpha value is -3.85. The van der Waals surface area contributed by atoms with Crippen LogP contribution < -0.4 is 16.7 Å². The summed E-state index contributed by atoms with van der Waals surface area (Å²) in [5.74, 6) is 0.648. The molecular weight excluding hydrogens is 466 g/mol. The minimum Gasteiger partial charge on any atom is -0.508 e. The quantitative estimate of drug-likeness (QED) is 0.346. The molecule has 0 bridgehead atoms. The molecule has 1 saturated heterocycles. The first-order valence-electron chi connectivity index (χ1n) is 13.2. The lowest BCUT2D eigenvalue weighted by Crippen LogP contribution is -2.26. The third kappa shape index (κ3) is 4.67. The van der Waals surface area contributed by atoms with Gasteiger partial charge in [-0.2, -0.15) is 9.97 Å². The van der Waals surface area contributed by atoms with Gasteiger partial charge in [0.25, 0.3) is 0 Å². The number of aromatic hydroxyl groups is 1. The number of likely N-dealkylation sites (tertiary alicyclic amines) is 1. The normalized spacial score (nSPS) is 16.6. The Bertz CT molecular complexity index is 1460. The maximum absolute atomic E-state index is 13.7. The minimum absolute atomic E-state index is 0.0607. The van der Waals surface area contributed by atoms with Crippen LogP contribution in [-0.4, -0.2) is 48.7 Å². The van der Waals surface area contributed by atoms with Gasteiger partial charge in [-0.25, -0.2) is 4.79 Å². The lowest BCUT2D eigenvalue weighted by molar-refractivity contribution is 0.343. The molecule has 0 spiro atoms. The summed E-state index contributed by atoms with van der Waals surface area (Å²) in [6.07, 6.45) is 7.64. The number of hydrogen-bond acceptors (Lipinski definition) is 7. The number of rotatable bonds is 7. The molecule has 192 valence electrons. The minimum atomic E-state index is -0.215. The van der Waals surface area contributed by atoms with Crippen LogP contribution in [-0.2, 0) is 6.42 Å². The van der Waals surface area contributed by atoms with Crippen molar-refractivity contribution in [3.8, 4) is 11.4 Å². The first-order chi connectivity index (χ1) is 18.1. The number of nitrogen functional groups attached to an aromatic ring is 1. The number of nitrogens with two attached hydrogens (primary N) is 1. The molecule has 1 aliphatic carbocycles. The fourth-order valence-electron chi connectivity index (χ4n) is 5.73.